The molecule has 1 fully saturated rings. The molecule has 0 radical (unpaired) electrons. The molecule has 15 heteroatoms. The maximum absolute atomic E-state index is 10.8. The molecule has 1 aliphatic rings. The summed E-state index contributed by atoms with van der Waals surface area (Å²) in [6, 6.07) is 0. The number of nitrogens with zero attached hydrogens (tertiary/aromatic N) is 4. The van der Waals surface area contributed by atoms with Crippen LogP contribution in [0.2, 0.25) is 0 Å². The second-order valence-electron chi connectivity index (χ2n) is 6.37. The maximum atomic E-state index is 10.8. The highest BCUT2D eigenvalue weighted by molar-refractivity contribution is 7.99. The normalized spacial score (nSPS) is 25.8. The summed E-state index contributed by atoms with van der Waals surface area (Å²) >= 11 is 1.47. The first kappa shape index (κ1) is 24.9. The van der Waals surface area contributed by atoms with Gasteiger partial charge in [0.2, 0.25) is 0 Å². The summed E-state index contributed by atoms with van der Waals surface area (Å²) in [5.74, 6) is 1.36. The van der Waals surface area contributed by atoms with Crippen LogP contribution in [0.4, 0.5) is 5.82 Å². The van der Waals surface area contributed by atoms with Crippen LogP contribution in [0.1, 0.15) is 26.5 Å². The third-order valence-electron chi connectivity index (χ3n) is 4.19. The Bertz CT molecular complexity index is 896. The number of phosphoric ester groups is 1. The topological polar surface area (TPSA) is 211 Å². The minimum absolute atomic E-state index is 0. The number of phosphoric acid groups is 1. The third-order valence-corrected chi connectivity index (χ3v) is 5.72. The molecule has 13 nitrogen and oxygen atoms in total. The number of thioether (sulfide) groups is 1. The molecule has 0 saturated carbocycles. The van der Waals surface area contributed by atoms with Crippen molar-refractivity contribution in [3.63, 3.8) is 0 Å². The van der Waals surface area contributed by atoms with Crippen LogP contribution in [0, 0.1) is 0 Å². The number of aliphatic hydroxyl groups excluding tert-OH is 2. The summed E-state index contributed by atoms with van der Waals surface area (Å²) in [6.45, 7) is 3.94. The molecule has 2 aromatic heterocycles. The number of imidazole rings is 1. The van der Waals surface area contributed by atoms with Gasteiger partial charge in [-0.2, -0.15) is 0 Å². The van der Waals surface area contributed by atoms with E-state index in [1.807, 2.05) is 13.8 Å². The molecule has 0 aliphatic carbocycles. The molecule has 1 aliphatic heterocycles. The van der Waals surface area contributed by atoms with E-state index in [1.165, 1.54) is 22.7 Å². The summed E-state index contributed by atoms with van der Waals surface area (Å²) in [4.78, 5) is 32.8. The van der Waals surface area contributed by atoms with E-state index in [-0.39, 0.29) is 6.15 Å². The molecule has 1 unspecified atom stereocenters. The van der Waals surface area contributed by atoms with Crippen LogP contribution in [-0.2, 0) is 13.8 Å². The molecule has 2 aromatic rings. The molecule has 3 heterocycles. The third kappa shape index (κ3) is 5.46. The molecule has 3 rings (SSSR count). The van der Waals surface area contributed by atoms with E-state index in [2.05, 4.69) is 24.8 Å². The van der Waals surface area contributed by atoms with Gasteiger partial charge in [-0.1, -0.05) is 18.7 Å². The zero-order valence-corrected chi connectivity index (χ0v) is 18.5. The fourth-order valence-corrected chi connectivity index (χ4v) is 3.92. The number of fused-ring (bicyclic) bond motifs is 1. The van der Waals surface area contributed by atoms with Crippen LogP contribution < -0.4 is 16.4 Å². The van der Waals surface area contributed by atoms with Crippen LogP contribution in [0.5, 0.6) is 0 Å². The van der Waals surface area contributed by atoms with Gasteiger partial charge in [-0.05, 0) is 13.3 Å². The molecular formula is C15H27N6O7PS. The maximum Gasteiger partial charge on any atom is 0.265 e. The lowest BCUT2D eigenvalue weighted by Gasteiger charge is -2.20. The quantitative estimate of drug-likeness (QED) is 0.191. The predicted molar refractivity (Wildman–Crippen MR) is 108 cm³/mol. The van der Waals surface area contributed by atoms with Gasteiger partial charge < -0.3 is 40.7 Å². The highest BCUT2D eigenvalue weighted by Crippen LogP contribution is 2.36. The van der Waals surface area contributed by atoms with Crippen molar-refractivity contribution >= 4 is 36.6 Å². The van der Waals surface area contributed by atoms with Crippen LogP contribution >= 0.6 is 19.6 Å². The summed E-state index contributed by atoms with van der Waals surface area (Å²) in [5.41, 5.74) is 0.862. The molecule has 0 aromatic carbocycles. The first-order valence-corrected chi connectivity index (χ1v) is 11.5. The van der Waals surface area contributed by atoms with Crippen molar-refractivity contribution in [2.75, 3.05) is 24.2 Å². The number of rotatable bonds is 9. The lowest BCUT2D eigenvalue weighted by Crippen LogP contribution is -2.34. The standard InChI is InChI=1S/C15H24N5O7PS.H3N/c1-3-5-29-15-18-12(16-4-2)9-13(19-15)20(7-17-9)14-11(22)10(21)8(27-14)6-26-28(23,24)25;/h7-8,10-11,14,21-22H,3-6H2,1-2H3,(H,16,18,19)(H2,23,24,25);1H3/t8-,10-,11-,14-;/m1./s1. The van der Waals surface area contributed by atoms with Gasteiger partial charge in [-0.3, -0.25) is 9.13 Å². The Morgan fingerprint density at radius 2 is 2.10 bits per heavy atom. The second-order valence-corrected chi connectivity index (χ2v) is 8.63. The van der Waals surface area contributed by atoms with Gasteiger partial charge in [0.05, 0.1) is 12.9 Å². The van der Waals surface area contributed by atoms with Crippen molar-refractivity contribution in [1.82, 2.24) is 25.7 Å². The Balaban J connectivity index is 0.00000320. The van der Waals surface area contributed by atoms with Crippen LogP contribution in [0.25, 0.3) is 11.2 Å². The van der Waals surface area contributed by atoms with Crippen molar-refractivity contribution in [1.29, 1.82) is 0 Å². The van der Waals surface area contributed by atoms with Gasteiger partial charge in [0.1, 0.15) is 18.3 Å². The molecular weight excluding hydrogens is 439 g/mol. The monoisotopic (exact) mass is 466 g/mol. The Morgan fingerprint density at radius 3 is 2.73 bits per heavy atom. The minimum atomic E-state index is -4.99. The lowest BCUT2D eigenvalue weighted by molar-refractivity contribution is -0.222. The zero-order valence-electron chi connectivity index (χ0n) is 16.8. The van der Waals surface area contributed by atoms with E-state index in [0.29, 0.717) is 28.7 Å². The van der Waals surface area contributed by atoms with Gasteiger partial charge in [0, 0.05) is 12.3 Å². The first-order valence-electron chi connectivity index (χ1n) is 9.06. The summed E-state index contributed by atoms with van der Waals surface area (Å²) in [6.07, 6.45) is -2.74. The van der Waals surface area contributed by atoms with Gasteiger partial charge in [0.15, 0.2) is 28.4 Å². The molecule has 170 valence electrons. The second kappa shape index (κ2) is 10.3. The molecule has 5 atom stereocenters. The largest absolute Gasteiger partial charge is 0.756 e. The number of ether oxygens (including phenoxy) is 1. The number of nitrogens with one attached hydrogen (secondary N) is 1. The average Bonchev–Trinajstić information content (AvgIpc) is 3.20. The van der Waals surface area contributed by atoms with Crippen molar-refractivity contribution in [2.24, 2.45) is 0 Å². The number of aliphatic hydroxyl groups is 2. The molecule has 1 saturated heterocycles. The molecule has 0 amide bonds. The van der Waals surface area contributed by atoms with E-state index in [1.54, 1.807) is 0 Å². The van der Waals surface area contributed by atoms with Gasteiger partial charge in [0.25, 0.3) is 7.82 Å². The van der Waals surface area contributed by atoms with E-state index in [4.69, 9.17) is 9.63 Å². The summed E-state index contributed by atoms with van der Waals surface area (Å²) in [7, 11) is -4.99. The molecule has 0 bridgehead atoms. The summed E-state index contributed by atoms with van der Waals surface area (Å²) < 4.78 is 22.1. The van der Waals surface area contributed by atoms with Crippen molar-refractivity contribution in [3.8, 4) is 0 Å². The SMILES string of the molecule is CCCSc1nc(NCC)c2ncn([C@@H]3O[C@H](COP(=O)([O-])O)[C@@H](O)[C@H]3O)c2n1.[NH4+]. The minimum Gasteiger partial charge on any atom is -0.756 e. The van der Waals surface area contributed by atoms with Crippen LogP contribution in [0.15, 0.2) is 11.5 Å². The van der Waals surface area contributed by atoms with Crippen molar-refractivity contribution in [2.45, 2.75) is 50.0 Å². The van der Waals surface area contributed by atoms with Gasteiger partial charge in [-0.25, -0.2) is 15.0 Å². The average molecular weight is 466 g/mol. The highest BCUT2D eigenvalue weighted by atomic mass is 32.2. The number of hydrogen-bond donors (Lipinski definition) is 5. The van der Waals surface area contributed by atoms with Gasteiger partial charge >= 0.3 is 0 Å². The van der Waals surface area contributed by atoms with E-state index >= 15 is 0 Å². The predicted octanol–water partition coefficient (Wildman–Crippen LogP) is 0.233. The Kier molecular flexibility index (Phi) is 8.56. The zero-order chi connectivity index (χ0) is 21.2. The van der Waals surface area contributed by atoms with Crippen molar-refractivity contribution < 1.29 is 33.8 Å². The number of hydrogen-bond acceptors (Lipinski definition) is 11. The van der Waals surface area contributed by atoms with Gasteiger partial charge in [-0.15, -0.1) is 0 Å². The van der Waals surface area contributed by atoms with Crippen molar-refractivity contribution in [3.05, 3.63) is 6.33 Å². The molecule has 8 N–H and O–H groups in total. The van der Waals surface area contributed by atoms with Crippen LogP contribution in [-0.4, -0.2) is 71.8 Å². The van der Waals surface area contributed by atoms with Crippen LogP contribution in [0.3, 0.4) is 0 Å². The molecule has 30 heavy (non-hydrogen) atoms. The fraction of sp³-hybridized carbons (Fsp3) is 0.667. The Hall–Kier alpha value is -1.35. The number of aromatic nitrogens is 4. The van der Waals surface area contributed by atoms with E-state index in [0.717, 1.165) is 12.2 Å². The number of quaternary nitrogens is 1. The first-order chi connectivity index (χ1) is 13.7. The Labute approximate surface area is 177 Å². The fourth-order valence-electron chi connectivity index (χ4n) is 2.90. The van der Waals surface area contributed by atoms with E-state index < -0.39 is 39.0 Å². The highest BCUT2D eigenvalue weighted by Gasteiger charge is 2.44. The Morgan fingerprint density at radius 1 is 1.37 bits per heavy atom. The molecule has 0 spiro atoms. The smallest absolute Gasteiger partial charge is 0.265 e. The summed E-state index contributed by atoms with van der Waals surface area (Å²) in [5, 5.41) is 24.3. The lowest BCUT2D eigenvalue weighted by atomic mass is 10.1. The van der Waals surface area contributed by atoms with E-state index in [9.17, 15) is 19.7 Å². The number of anilines is 1.